The van der Waals surface area contributed by atoms with E-state index in [0.29, 0.717) is 11.6 Å². The van der Waals surface area contributed by atoms with Crippen LogP contribution in [0.5, 0.6) is 0 Å². The van der Waals surface area contributed by atoms with Gasteiger partial charge < -0.3 is 14.8 Å². The third-order valence-corrected chi connectivity index (χ3v) is 3.35. The SMILES string of the molecule is COC(=O)c1cccc(NC2CCOC(C)(C)C2)c1. The maximum atomic E-state index is 11.5. The first-order chi connectivity index (χ1) is 9.00. The number of methoxy groups -OCH3 is 1. The molecule has 1 fully saturated rings. The van der Waals surface area contributed by atoms with E-state index in [9.17, 15) is 4.79 Å². The van der Waals surface area contributed by atoms with Crippen LogP contribution >= 0.6 is 0 Å². The summed E-state index contributed by atoms with van der Waals surface area (Å²) in [5, 5.41) is 3.47. The molecule has 1 N–H and O–H groups in total. The number of rotatable bonds is 3. The van der Waals surface area contributed by atoms with Crippen LogP contribution in [0.1, 0.15) is 37.0 Å². The van der Waals surface area contributed by atoms with E-state index in [1.165, 1.54) is 7.11 Å². The van der Waals surface area contributed by atoms with Gasteiger partial charge in [0.1, 0.15) is 0 Å². The molecule has 2 rings (SSSR count). The van der Waals surface area contributed by atoms with E-state index in [0.717, 1.165) is 25.1 Å². The van der Waals surface area contributed by atoms with Gasteiger partial charge >= 0.3 is 5.97 Å². The lowest BCUT2D eigenvalue weighted by Crippen LogP contribution is -2.40. The first-order valence-corrected chi connectivity index (χ1v) is 6.59. The van der Waals surface area contributed by atoms with E-state index in [-0.39, 0.29) is 11.6 Å². The Balaban J connectivity index is 2.05. The molecule has 1 atom stereocenters. The molecule has 1 unspecified atom stereocenters. The van der Waals surface area contributed by atoms with Gasteiger partial charge in [-0.05, 0) is 44.9 Å². The molecule has 0 saturated carbocycles. The van der Waals surface area contributed by atoms with Crippen molar-refractivity contribution in [2.75, 3.05) is 19.0 Å². The average Bonchev–Trinajstić information content (AvgIpc) is 2.37. The molecule has 1 aromatic carbocycles. The lowest BCUT2D eigenvalue weighted by molar-refractivity contribution is -0.0553. The Morgan fingerprint density at radius 3 is 2.95 bits per heavy atom. The molecule has 0 aromatic heterocycles. The van der Waals surface area contributed by atoms with Crippen LogP contribution in [-0.2, 0) is 9.47 Å². The molecular weight excluding hydrogens is 242 g/mol. The highest BCUT2D eigenvalue weighted by Gasteiger charge is 2.28. The molecule has 4 heteroatoms. The van der Waals surface area contributed by atoms with Crippen molar-refractivity contribution in [1.82, 2.24) is 0 Å². The van der Waals surface area contributed by atoms with E-state index in [1.807, 2.05) is 18.2 Å². The molecular formula is C15H21NO3. The van der Waals surface area contributed by atoms with Gasteiger partial charge in [0.15, 0.2) is 0 Å². The minimum Gasteiger partial charge on any atom is -0.465 e. The average molecular weight is 263 g/mol. The monoisotopic (exact) mass is 263 g/mol. The summed E-state index contributed by atoms with van der Waals surface area (Å²) >= 11 is 0. The molecule has 19 heavy (non-hydrogen) atoms. The first kappa shape index (κ1) is 13.9. The predicted octanol–water partition coefficient (Wildman–Crippen LogP) is 2.84. The second-order valence-electron chi connectivity index (χ2n) is 5.51. The highest BCUT2D eigenvalue weighted by molar-refractivity contribution is 5.90. The minimum atomic E-state index is -0.309. The van der Waals surface area contributed by atoms with Crippen molar-refractivity contribution >= 4 is 11.7 Å². The van der Waals surface area contributed by atoms with Gasteiger partial charge in [-0.1, -0.05) is 6.07 Å². The molecule has 1 aliphatic heterocycles. The number of carbonyl (C=O) groups excluding carboxylic acids is 1. The summed E-state index contributed by atoms with van der Waals surface area (Å²) in [6.07, 6.45) is 1.93. The van der Waals surface area contributed by atoms with E-state index in [4.69, 9.17) is 9.47 Å². The van der Waals surface area contributed by atoms with E-state index in [1.54, 1.807) is 6.07 Å². The molecule has 1 aliphatic rings. The van der Waals surface area contributed by atoms with Gasteiger partial charge in [0.2, 0.25) is 0 Å². The Hall–Kier alpha value is -1.55. The van der Waals surface area contributed by atoms with Crippen molar-refractivity contribution in [2.45, 2.75) is 38.3 Å². The quantitative estimate of drug-likeness (QED) is 0.852. The zero-order valence-electron chi connectivity index (χ0n) is 11.7. The second-order valence-corrected chi connectivity index (χ2v) is 5.51. The number of nitrogens with one attached hydrogen (secondary N) is 1. The summed E-state index contributed by atoms with van der Waals surface area (Å²) in [6, 6.07) is 7.78. The Morgan fingerprint density at radius 2 is 2.26 bits per heavy atom. The van der Waals surface area contributed by atoms with Crippen LogP contribution in [0.2, 0.25) is 0 Å². The number of ether oxygens (including phenoxy) is 2. The number of hydrogen-bond acceptors (Lipinski definition) is 4. The van der Waals surface area contributed by atoms with Gasteiger partial charge in [-0.2, -0.15) is 0 Å². The van der Waals surface area contributed by atoms with Gasteiger partial charge in [0, 0.05) is 18.3 Å². The van der Waals surface area contributed by atoms with Crippen LogP contribution in [0.4, 0.5) is 5.69 Å². The maximum absolute atomic E-state index is 11.5. The summed E-state index contributed by atoms with van der Waals surface area (Å²) in [5.74, 6) is -0.309. The summed E-state index contributed by atoms with van der Waals surface area (Å²) in [6.45, 7) is 4.97. The predicted molar refractivity (Wildman–Crippen MR) is 74.5 cm³/mol. The zero-order valence-corrected chi connectivity index (χ0v) is 11.7. The highest BCUT2D eigenvalue weighted by Crippen LogP contribution is 2.26. The van der Waals surface area contributed by atoms with E-state index >= 15 is 0 Å². The lowest BCUT2D eigenvalue weighted by atomic mass is 9.94. The van der Waals surface area contributed by atoms with Gasteiger partial charge in [-0.15, -0.1) is 0 Å². The van der Waals surface area contributed by atoms with Crippen molar-refractivity contribution in [2.24, 2.45) is 0 Å². The molecule has 1 aromatic rings. The van der Waals surface area contributed by atoms with E-state index in [2.05, 4.69) is 19.2 Å². The van der Waals surface area contributed by atoms with Crippen LogP contribution in [0.15, 0.2) is 24.3 Å². The molecule has 1 heterocycles. The molecule has 1 saturated heterocycles. The first-order valence-electron chi connectivity index (χ1n) is 6.59. The Bertz CT molecular complexity index is 456. The second kappa shape index (κ2) is 5.61. The fourth-order valence-corrected chi connectivity index (χ4v) is 2.44. The van der Waals surface area contributed by atoms with Crippen LogP contribution in [0, 0.1) is 0 Å². The Morgan fingerprint density at radius 1 is 1.47 bits per heavy atom. The summed E-state index contributed by atoms with van der Waals surface area (Å²) in [7, 11) is 1.39. The molecule has 0 aliphatic carbocycles. The zero-order chi connectivity index (χ0) is 13.9. The Kier molecular flexibility index (Phi) is 4.10. The van der Waals surface area contributed by atoms with Crippen molar-refractivity contribution in [3.8, 4) is 0 Å². The van der Waals surface area contributed by atoms with Gasteiger partial charge in [-0.3, -0.25) is 0 Å². The fourth-order valence-electron chi connectivity index (χ4n) is 2.44. The molecule has 0 radical (unpaired) electrons. The third-order valence-electron chi connectivity index (χ3n) is 3.35. The van der Waals surface area contributed by atoms with Crippen molar-refractivity contribution in [1.29, 1.82) is 0 Å². The number of esters is 1. The van der Waals surface area contributed by atoms with Gasteiger partial charge in [0.25, 0.3) is 0 Å². The van der Waals surface area contributed by atoms with Crippen LogP contribution in [0.25, 0.3) is 0 Å². The fraction of sp³-hybridized carbons (Fsp3) is 0.533. The normalized spacial score (nSPS) is 21.7. The summed E-state index contributed by atoms with van der Waals surface area (Å²) in [5.41, 5.74) is 1.43. The number of carbonyl (C=O) groups is 1. The van der Waals surface area contributed by atoms with Crippen molar-refractivity contribution in [3.63, 3.8) is 0 Å². The summed E-state index contributed by atoms with van der Waals surface area (Å²) in [4.78, 5) is 11.5. The Labute approximate surface area is 114 Å². The lowest BCUT2D eigenvalue weighted by Gasteiger charge is -2.36. The maximum Gasteiger partial charge on any atom is 0.337 e. The van der Waals surface area contributed by atoms with Crippen molar-refractivity contribution in [3.05, 3.63) is 29.8 Å². The number of benzene rings is 1. The minimum absolute atomic E-state index is 0.0874. The smallest absolute Gasteiger partial charge is 0.337 e. The molecule has 104 valence electrons. The van der Waals surface area contributed by atoms with Crippen molar-refractivity contribution < 1.29 is 14.3 Å². The van der Waals surface area contributed by atoms with Gasteiger partial charge in [-0.25, -0.2) is 4.79 Å². The van der Waals surface area contributed by atoms with Crippen LogP contribution in [0.3, 0.4) is 0 Å². The van der Waals surface area contributed by atoms with Crippen LogP contribution < -0.4 is 5.32 Å². The summed E-state index contributed by atoms with van der Waals surface area (Å²) < 4.78 is 10.4. The topological polar surface area (TPSA) is 47.6 Å². The van der Waals surface area contributed by atoms with Crippen LogP contribution in [-0.4, -0.2) is 31.3 Å². The molecule has 0 bridgehead atoms. The largest absolute Gasteiger partial charge is 0.465 e. The third kappa shape index (κ3) is 3.70. The standard InChI is InChI=1S/C15H21NO3/c1-15(2)10-13(7-8-19-15)16-12-6-4-5-11(9-12)14(17)18-3/h4-6,9,13,16H,7-8,10H2,1-3H3. The highest BCUT2D eigenvalue weighted by atomic mass is 16.5. The number of anilines is 1. The van der Waals surface area contributed by atoms with Gasteiger partial charge in [0.05, 0.1) is 18.3 Å². The molecule has 4 nitrogen and oxygen atoms in total. The van der Waals surface area contributed by atoms with E-state index < -0.39 is 0 Å². The number of hydrogen-bond donors (Lipinski definition) is 1. The molecule has 0 spiro atoms. The molecule has 0 amide bonds.